The average Bonchev–Trinajstić information content (AvgIpc) is 3.16. The summed E-state index contributed by atoms with van der Waals surface area (Å²) < 4.78 is 16.7. The first kappa shape index (κ1) is 54.4. The highest BCUT2D eigenvalue weighted by Crippen LogP contribution is 2.17. The SMILES string of the molecule is CCCCCCCCCC(=O)OC[C@H](COC(=O)CCCCCCCCCCCCCCCCCC(C)C)OC(=O)CCCCCCCCCCCCC(C)C. The van der Waals surface area contributed by atoms with Crippen LogP contribution in [0.5, 0.6) is 0 Å². The van der Waals surface area contributed by atoms with E-state index in [1.54, 1.807) is 0 Å². The maximum Gasteiger partial charge on any atom is 0.306 e. The molecule has 0 spiro atoms. The largest absolute Gasteiger partial charge is 0.462 e. The van der Waals surface area contributed by atoms with Crippen LogP contribution in [0.3, 0.4) is 0 Å². The maximum absolute atomic E-state index is 12.7. The number of carbonyl (C=O) groups is 3. The summed E-state index contributed by atoms with van der Waals surface area (Å²) in [5, 5.41) is 0. The number of hydrogen-bond donors (Lipinski definition) is 0. The summed E-state index contributed by atoms with van der Waals surface area (Å²) >= 11 is 0. The molecule has 0 radical (unpaired) electrons. The van der Waals surface area contributed by atoms with Crippen molar-refractivity contribution in [3.63, 3.8) is 0 Å². The van der Waals surface area contributed by atoms with Gasteiger partial charge in [0.05, 0.1) is 0 Å². The van der Waals surface area contributed by atoms with Gasteiger partial charge in [0, 0.05) is 19.3 Å². The Kier molecular flexibility index (Phi) is 41.8. The summed E-state index contributed by atoms with van der Waals surface area (Å²) in [5.41, 5.74) is 0. The molecule has 1 atom stereocenters. The van der Waals surface area contributed by atoms with E-state index in [2.05, 4.69) is 34.6 Å². The molecule has 0 aliphatic rings. The van der Waals surface area contributed by atoms with Crippen LogP contribution < -0.4 is 0 Å². The molecule has 0 amide bonds. The molecule has 332 valence electrons. The zero-order chi connectivity index (χ0) is 41.2. The van der Waals surface area contributed by atoms with Crippen LogP contribution in [0.15, 0.2) is 0 Å². The summed E-state index contributed by atoms with van der Waals surface area (Å²) in [5.74, 6) is 0.807. The summed E-state index contributed by atoms with van der Waals surface area (Å²) in [6.07, 6.45) is 42.5. The molecule has 0 saturated heterocycles. The Bertz CT molecular complexity index is 854. The van der Waals surface area contributed by atoms with Crippen LogP contribution in [0.1, 0.15) is 272 Å². The van der Waals surface area contributed by atoms with Gasteiger partial charge in [0.15, 0.2) is 6.10 Å². The van der Waals surface area contributed by atoms with Gasteiger partial charge in [-0.15, -0.1) is 0 Å². The molecule has 0 bridgehead atoms. The van der Waals surface area contributed by atoms with Crippen molar-refractivity contribution in [2.75, 3.05) is 13.2 Å². The molecule has 6 heteroatoms. The van der Waals surface area contributed by atoms with E-state index in [-0.39, 0.29) is 31.1 Å². The molecule has 6 nitrogen and oxygen atoms in total. The van der Waals surface area contributed by atoms with E-state index in [0.717, 1.165) is 69.6 Å². The Morgan fingerprint density at radius 3 is 0.875 bits per heavy atom. The van der Waals surface area contributed by atoms with Crippen molar-refractivity contribution in [2.24, 2.45) is 11.8 Å². The molecule has 0 heterocycles. The van der Waals surface area contributed by atoms with Crippen molar-refractivity contribution in [3.05, 3.63) is 0 Å². The fourth-order valence-electron chi connectivity index (χ4n) is 7.46. The molecule has 0 N–H and O–H groups in total. The van der Waals surface area contributed by atoms with Gasteiger partial charge in [-0.25, -0.2) is 0 Å². The summed E-state index contributed by atoms with van der Waals surface area (Å²) in [6, 6.07) is 0. The quantitative estimate of drug-likeness (QED) is 0.0347. The summed E-state index contributed by atoms with van der Waals surface area (Å²) in [4.78, 5) is 37.7. The second kappa shape index (κ2) is 43.0. The molecule has 0 saturated carbocycles. The van der Waals surface area contributed by atoms with Gasteiger partial charge in [-0.3, -0.25) is 14.4 Å². The van der Waals surface area contributed by atoms with Crippen molar-refractivity contribution >= 4 is 17.9 Å². The normalized spacial score (nSPS) is 12.1. The van der Waals surface area contributed by atoms with Gasteiger partial charge in [-0.1, -0.05) is 234 Å². The zero-order valence-electron chi connectivity index (χ0n) is 38.3. The lowest BCUT2D eigenvalue weighted by Gasteiger charge is -2.18. The molecule has 0 aromatic heterocycles. The van der Waals surface area contributed by atoms with E-state index in [1.807, 2.05) is 0 Å². The topological polar surface area (TPSA) is 78.9 Å². The van der Waals surface area contributed by atoms with Crippen LogP contribution in [0.2, 0.25) is 0 Å². The van der Waals surface area contributed by atoms with Crippen LogP contribution in [0.25, 0.3) is 0 Å². The second-order valence-electron chi connectivity index (χ2n) is 18.1. The highest BCUT2D eigenvalue weighted by atomic mass is 16.6. The third-order valence-electron chi connectivity index (χ3n) is 11.2. The van der Waals surface area contributed by atoms with Crippen molar-refractivity contribution in [1.82, 2.24) is 0 Å². The number of ether oxygens (including phenoxy) is 3. The summed E-state index contributed by atoms with van der Waals surface area (Å²) in [7, 11) is 0. The minimum Gasteiger partial charge on any atom is -0.462 e. The molecule has 0 unspecified atom stereocenters. The number of unbranched alkanes of at least 4 members (excludes halogenated alkanes) is 29. The third kappa shape index (κ3) is 43.5. The first-order chi connectivity index (χ1) is 27.2. The van der Waals surface area contributed by atoms with E-state index in [9.17, 15) is 14.4 Å². The highest BCUT2D eigenvalue weighted by molar-refractivity contribution is 5.71. The molecular weight excluding hydrogens is 697 g/mol. The van der Waals surface area contributed by atoms with Gasteiger partial charge in [0.25, 0.3) is 0 Å². The van der Waals surface area contributed by atoms with Crippen molar-refractivity contribution < 1.29 is 28.6 Å². The fraction of sp³-hybridized carbons (Fsp3) is 0.940. The molecule has 0 aliphatic carbocycles. The lowest BCUT2D eigenvalue weighted by Crippen LogP contribution is -2.30. The summed E-state index contributed by atoms with van der Waals surface area (Å²) in [6.45, 7) is 11.3. The monoisotopic (exact) mass is 793 g/mol. The van der Waals surface area contributed by atoms with Crippen LogP contribution in [0, 0.1) is 11.8 Å². The maximum atomic E-state index is 12.7. The minimum absolute atomic E-state index is 0.0644. The Labute approximate surface area is 348 Å². The van der Waals surface area contributed by atoms with Gasteiger partial charge >= 0.3 is 17.9 Å². The fourth-order valence-corrected chi connectivity index (χ4v) is 7.46. The lowest BCUT2D eigenvalue weighted by molar-refractivity contribution is -0.167. The van der Waals surface area contributed by atoms with E-state index < -0.39 is 6.10 Å². The molecule has 0 rings (SSSR count). The predicted octanol–water partition coefficient (Wildman–Crippen LogP) is 15.8. The van der Waals surface area contributed by atoms with Crippen LogP contribution in [-0.2, 0) is 28.6 Å². The van der Waals surface area contributed by atoms with Gasteiger partial charge in [0.2, 0.25) is 0 Å². The Balaban J connectivity index is 4.19. The zero-order valence-corrected chi connectivity index (χ0v) is 38.3. The highest BCUT2D eigenvalue weighted by Gasteiger charge is 2.19. The molecule has 56 heavy (non-hydrogen) atoms. The molecular formula is C50H96O6. The van der Waals surface area contributed by atoms with E-state index in [1.165, 1.54) is 161 Å². The van der Waals surface area contributed by atoms with Crippen molar-refractivity contribution in [2.45, 2.75) is 278 Å². The van der Waals surface area contributed by atoms with Crippen LogP contribution in [0.4, 0.5) is 0 Å². The van der Waals surface area contributed by atoms with Gasteiger partial charge in [0.1, 0.15) is 13.2 Å². The Hall–Kier alpha value is -1.59. The number of carbonyl (C=O) groups excluding carboxylic acids is 3. The number of rotatable bonds is 44. The van der Waals surface area contributed by atoms with Gasteiger partial charge < -0.3 is 14.2 Å². The lowest BCUT2D eigenvalue weighted by atomic mass is 10.0. The Morgan fingerprint density at radius 1 is 0.339 bits per heavy atom. The molecule has 0 aromatic carbocycles. The van der Waals surface area contributed by atoms with Gasteiger partial charge in [-0.2, -0.15) is 0 Å². The first-order valence-corrected chi connectivity index (χ1v) is 24.7. The number of esters is 3. The predicted molar refractivity (Wildman–Crippen MR) is 238 cm³/mol. The smallest absolute Gasteiger partial charge is 0.306 e. The molecule has 0 fully saturated rings. The third-order valence-corrected chi connectivity index (χ3v) is 11.2. The Morgan fingerprint density at radius 2 is 0.589 bits per heavy atom. The van der Waals surface area contributed by atoms with Crippen LogP contribution >= 0.6 is 0 Å². The van der Waals surface area contributed by atoms with Crippen molar-refractivity contribution in [1.29, 1.82) is 0 Å². The standard InChI is InChI=1S/C50H96O6/c1-6-7-8-9-23-30-35-40-48(51)54-43-47(56-50(53)42-37-32-27-22-18-17-20-25-29-34-39-46(4)5)44-55-49(52)41-36-31-26-21-16-14-12-10-11-13-15-19-24-28-33-38-45(2)3/h45-47H,6-44H2,1-5H3/t47-/m1/s1. The molecule has 0 aliphatic heterocycles. The first-order valence-electron chi connectivity index (χ1n) is 24.7. The molecule has 0 aromatic rings. The van der Waals surface area contributed by atoms with Gasteiger partial charge in [-0.05, 0) is 31.1 Å². The minimum atomic E-state index is -0.760. The number of hydrogen-bond acceptors (Lipinski definition) is 6. The average molecular weight is 793 g/mol. The van der Waals surface area contributed by atoms with E-state index in [0.29, 0.717) is 19.3 Å². The van der Waals surface area contributed by atoms with Crippen molar-refractivity contribution in [3.8, 4) is 0 Å². The van der Waals surface area contributed by atoms with Crippen LogP contribution in [-0.4, -0.2) is 37.2 Å². The second-order valence-corrected chi connectivity index (χ2v) is 18.1. The van der Waals surface area contributed by atoms with E-state index in [4.69, 9.17) is 14.2 Å². The van der Waals surface area contributed by atoms with E-state index >= 15 is 0 Å².